The van der Waals surface area contributed by atoms with E-state index in [0.29, 0.717) is 31.0 Å². The molecule has 3 rings (SSSR count). The molecule has 2 aromatic rings. The molecule has 0 aliphatic carbocycles. The number of hydrogen-bond donors (Lipinski definition) is 0. The number of halogens is 3. The van der Waals surface area contributed by atoms with E-state index in [1.165, 1.54) is 19.2 Å². The van der Waals surface area contributed by atoms with Gasteiger partial charge < -0.3 is 14.4 Å². The van der Waals surface area contributed by atoms with Crippen molar-refractivity contribution in [3.63, 3.8) is 0 Å². The fraction of sp³-hybridized carbons (Fsp3) is 0.278. The van der Waals surface area contributed by atoms with E-state index in [9.17, 15) is 18.0 Å². The molecule has 1 heterocycles. The number of nitrogens with zero attached hydrogens (tertiary/aromatic N) is 1. The van der Waals surface area contributed by atoms with Gasteiger partial charge in [0.2, 0.25) is 0 Å². The minimum absolute atomic E-state index is 0.314. The van der Waals surface area contributed by atoms with Crippen LogP contribution in [0.4, 0.5) is 18.0 Å². The molecule has 25 heavy (non-hydrogen) atoms. The number of ether oxygens (including phenoxy) is 2. The number of methoxy groups -OCH3 is 1. The monoisotopic (exact) mass is 351 g/mol. The predicted octanol–water partition coefficient (Wildman–Crippen LogP) is 4.62. The summed E-state index contributed by atoms with van der Waals surface area (Å²) in [6.07, 6.45) is -4.05. The van der Waals surface area contributed by atoms with Gasteiger partial charge in [0.05, 0.1) is 12.7 Å². The van der Waals surface area contributed by atoms with Crippen LogP contribution in [-0.2, 0) is 23.9 Å². The van der Waals surface area contributed by atoms with Crippen LogP contribution in [0.15, 0.2) is 42.5 Å². The Kier molecular flexibility index (Phi) is 4.57. The average Bonchev–Trinajstić information content (AvgIpc) is 2.60. The van der Waals surface area contributed by atoms with Gasteiger partial charge in [0.25, 0.3) is 0 Å². The van der Waals surface area contributed by atoms with Gasteiger partial charge >= 0.3 is 12.3 Å². The van der Waals surface area contributed by atoms with Gasteiger partial charge in [-0.25, -0.2) is 4.79 Å². The first-order valence-electron chi connectivity index (χ1n) is 7.66. The lowest BCUT2D eigenvalue weighted by Crippen LogP contribution is -2.35. The Bertz CT molecular complexity index is 772. The van der Waals surface area contributed by atoms with Crippen LogP contribution in [0.1, 0.15) is 16.7 Å². The van der Waals surface area contributed by atoms with Crippen molar-refractivity contribution in [1.82, 2.24) is 4.90 Å². The van der Waals surface area contributed by atoms with Gasteiger partial charge in [0.1, 0.15) is 11.5 Å². The van der Waals surface area contributed by atoms with E-state index >= 15 is 0 Å². The maximum Gasteiger partial charge on any atom is 0.416 e. The Morgan fingerprint density at radius 3 is 2.36 bits per heavy atom. The zero-order valence-electron chi connectivity index (χ0n) is 13.5. The van der Waals surface area contributed by atoms with Crippen LogP contribution in [0.5, 0.6) is 11.5 Å². The van der Waals surface area contributed by atoms with Gasteiger partial charge in [0, 0.05) is 13.1 Å². The number of rotatable bonds is 2. The first-order valence-corrected chi connectivity index (χ1v) is 7.66. The molecule has 7 heteroatoms. The quantitative estimate of drug-likeness (QED) is 0.792. The second-order valence-corrected chi connectivity index (χ2v) is 5.70. The Labute approximate surface area is 142 Å². The fourth-order valence-corrected chi connectivity index (χ4v) is 2.73. The summed E-state index contributed by atoms with van der Waals surface area (Å²) in [4.78, 5) is 13.2. The van der Waals surface area contributed by atoms with Crippen LogP contribution in [0.2, 0.25) is 0 Å². The average molecular weight is 351 g/mol. The summed E-state index contributed by atoms with van der Waals surface area (Å²) >= 11 is 0. The molecule has 0 saturated heterocycles. The normalized spacial score (nSPS) is 14.0. The first kappa shape index (κ1) is 17.1. The molecule has 0 fully saturated rings. The largest absolute Gasteiger partial charge is 0.457 e. The van der Waals surface area contributed by atoms with Crippen LogP contribution in [0.3, 0.4) is 0 Å². The number of carbonyl (C=O) groups excluding carboxylic acids is 1. The van der Waals surface area contributed by atoms with Crippen LogP contribution < -0.4 is 4.74 Å². The van der Waals surface area contributed by atoms with Gasteiger partial charge in [0.15, 0.2) is 0 Å². The van der Waals surface area contributed by atoms with Crippen molar-refractivity contribution >= 4 is 6.09 Å². The topological polar surface area (TPSA) is 38.8 Å². The molecule has 1 amide bonds. The molecule has 4 nitrogen and oxygen atoms in total. The Morgan fingerprint density at radius 2 is 1.72 bits per heavy atom. The third kappa shape index (κ3) is 3.87. The molecular weight excluding hydrogens is 335 g/mol. The molecule has 0 saturated carbocycles. The van der Waals surface area contributed by atoms with E-state index in [0.717, 1.165) is 23.3 Å². The maximum absolute atomic E-state index is 12.6. The highest BCUT2D eigenvalue weighted by Gasteiger charge is 2.30. The summed E-state index contributed by atoms with van der Waals surface area (Å²) in [6.45, 7) is 0.991. The van der Waals surface area contributed by atoms with E-state index in [1.807, 2.05) is 6.07 Å². The van der Waals surface area contributed by atoms with Crippen molar-refractivity contribution in [2.75, 3.05) is 13.7 Å². The molecule has 1 aliphatic heterocycles. The smallest absolute Gasteiger partial charge is 0.416 e. The third-order valence-electron chi connectivity index (χ3n) is 4.04. The minimum Gasteiger partial charge on any atom is -0.457 e. The van der Waals surface area contributed by atoms with E-state index in [1.54, 1.807) is 17.0 Å². The number of benzene rings is 2. The zero-order chi connectivity index (χ0) is 18.0. The van der Waals surface area contributed by atoms with Gasteiger partial charge in [-0.05, 0) is 53.9 Å². The molecule has 2 aromatic carbocycles. The number of hydrogen-bond acceptors (Lipinski definition) is 3. The minimum atomic E-state index is -4.37. The predicted molar refractivity (Wildman–Crippen MR) is 84.5 cm³/mol. The lowest BCUT2D eigenvalue weighted by atomic mass is 10.00. The molecule has 0 radical (unpaired) electrons. The summed E-state index contributed by atoms with van der Waals surface area (Å²) in [5.41, 5.74) is 1.32. The van der Waals surface area contributed by atoms with Crippen molar-refractivity contribution < 1.29 is 27.4 Å². The summed E-state index contributed by atoms with van der Waals surface area (Å²) in [7, 11) is 1.34. The maximum atomic E-state index is 12.6. The fourth-order valence-electron chi connectivity index (χ4n) is 2.73. The molecule has 132 valence electrons. The van der Waals surface area contributed by atoms with E-state index < -0.39 is 11.7 Å². The molecular formula is C18H16F3NO3. The standard InChI is InChI=1S/C18H16F3NO3/c1-24-17(23)22-9-8-12-2-5-16(10-13(12)11-22)25-15-6-3-14(4-7-15)18(19,20)21/h2-7,10H,8-9,11H2,1H3. The van der Waals surface area contributed by atoms with Crippen molar-refractivity contribution in [3.8, 4) is 11.5 Å². The van der Waals surface area contributed by atoms with Crippen LogP contribution in [0.25, 0.3) is 0 Å². The van der Waals surface area contributed by atoms with Crippen LogP contribution >= 0.6 is 0 Å². The number of carbonyl (C=O) groups is 1. The molecule has 0 atom stereocenters. The summed E-state index contributed by atoms with van der Waals surface area (Å²) in [5, 5.41) is 0. The van der Waals surface area contributed by atoms with Crippen molar-refractivity contribution in [1.29, 1.82) is 0 Å². The Morgan fingerprint density at radius 1 is 1.04 bits per heavy atom. The summed E-state index contributed by atoms with van der Waals surface area (Å²) in [6, 6.07) is 9.99. The molecule has 1 aliphatic rings. The van der Waals surface area contributed by atoms with Crippen LogP contribution in [-0.4, -0.2) is 24.6 Å². The second kappa shape index (κ2) is 6.66. The van der Waals surface area contributed by atoms with Gasteiger partial charge in [-0.2, -0.15) is 13.2 Å². The van der Waals surface area contributed by atoms with E-state index in [-0.39, 0.29) is 6.09 Å². The molecule has 0 aromatic heterocycles. The van der Waals surface area contributed by atoms with Crippen LogP contribution in [0, 0.1) is 0 Å². The van der Waals surface area contributed by atoms with E-state index in [4.69, 9.17) is 9.47 Å². The molecule has 0 spiro atoms. The Balaban J connectivity index is 1.75. The van der Waals surface area contributed by atoms with Crippen molar-refractivity contribution in [2.24, 2.45) is 0 Å². The van der Waals surface area contributed by atoms with Gasteiger partial charge in [-0.15, -0.1) is 0 Å². The van der Waals surface area contributed by atoms with Gasteiger partial charge in [-0.1, -0.05) is 6.07 Å². The molecule has 0 bridgehead atoms. The van der Waals surface area contributed by atoms with Crippen molar-refractivity contribution in [3.05, 3.63) is 59.2 Å². The lowest BCUT2D eigenvalue weighted by Gasteiger charge is -2.27. The van der Waals surface area contributed by atoms with Crippen molar-refractivity contribution in [2.45, 2.75) is 19.1 Å². The zero-order valence-corrected chi connectivity index (χ0v) is 13.5. The summed E-state index contributed by atoms with van der Waals surface area (Å²) < 4.78 is 48.1. The highest BCUT2D eigenvalue weighted by atomic mass is 19.4. The molecule has 0 N–H and O–H groups in total. The second-order valence-electron chi connectivity index (χ2n) is 5.70. The number of amides is 1. The third-order valence-corrected chi connectivity index (χ3v) is 4.04. The first-order chi connectivity index (χ1) is 11.9. The highest BCUT2D eigenvalue weighted by Crippen LogP contribution is 2.32. The number of alkyl halides is 3. The van der Waals surface area contributed by atoms with Gasteiger partial charge in [-0.3, -0.25) is 0 Å². The SMILES string of the molecule is COC(=O)N1CCc2ccc(Oc3ccc(C(F)(F)F)cc3)cc2C1. The Hall–Kier alpha value is -2.70. The van der Waals surface area contributed by atoms with E-state index in [2.05, 4.69) is 0 Å². The summed E-state index contributed by atoms with van der Waals surface area (Å²) in [5.74, 6) is 0.818. The highest BCUT2D eigenvalue weighted by molar-refractivity contribution is 5.68. The lowest BCUT2D eigenvalue weighted by molar-refractivity contribution is -0.137. The molecule has 0 unspecified atom stereocenters. The number of fused-ring (bicyclic) bond motifs is 1.